The molecule has 140 valence electrons. The average molecular weight is 356 g/mol. The fourth-order valence-corrected chi connectivity index (χ4v) is 3.35. The highest BCUT2D eigenvalue weighted by Crippen LogP contribution is 2.23. The average Bonchev–Trinajstić information content (AvgIpc) is 3.10. The number of aromatic nitrogens is 2. The van der Waals surface area contributed by atoms with Crippen LogP contribution in [0.5, 0.6) is 0 Å². The second kappa shape index (κ2) is 7.99. The minimum Gasteiger partial charge on any atom is -0.349 e. The van der Waals surface area contributed by atoms with Crippen LogP contribution in [0.4, 0.5) is 0 Å². The molecule has 6 heteroatoms. The van der Waals surface area contributed by atoms with Gasteiger partial charge < -0.3 is 9.42 Å². The molecule has 2 aromatic rings. The standard InChI is InChI=1S/C20H28N4O2/c1-14(2)15-5-7-16(8-6-15)19-21-18(26-22-19)13-24-11-9-17(10-12-24)20(25)23(3)4/h5-8,14,17H,9-13H2,1-4H3. The van der Waals surface area contributed by atoms with Crippen LogP contribution in [0.15, 0.2) is 28.8 Å². The molecular formula is C20H28N4O2. The van der Waals surface area contributed by atoms with E-state index >= 15 is 0 Å². The van der Waals surface area contributed by atoms with Crippen molar-refractivity contribution in [1.29, 1.82) is 0 Å². The van der Waals surface area contributed by atoms with Gasteiger partial charge in [-0.3, -0.25) is 9.69 Å². The summed E-state index contributed by atoms with van der Waals surface area (Å²) in [5.41, 5.74) is 2.27. The summed E-state index contributed by atoms with van der Waals surface area (Å²) in [5, 5.41) is 4.12. The van der Waals surface area contributed by atoms with Crippen LogP contribution in [0.3, 0.4) is 0 Å². The molecule has 1 amide bonds. The molecule has 0 aliphatic carbocycles. The predicted molar refractivity (Wildman–Crippen MR) is 101 cm³/mol. The number of benzene rings is 1. The van der Waals surface area contributed by atoms with Gasteiger partial charge in [-0.2, -0.15) is 4.98 Å². The normalized spacial score (nSPS) is 16.2. The van der Waals surface area contributed by atoms with Crippen LogP contribution < -0.4 is 0 Å². The molecule has 1 aromatic carbocycles. The van der Waals surface area contributed by atoms with E-state index in [1.54, 1.807) is 4.90 Å². The zero-order chi connectivity index (χ0) is 18.7. The molecule has 0 bridgehead atoms. The van der Waals surface area contributed by atoms with Crippen LogP contribution in [0.1, 0.15) is 44.1 Å². The molecule has 0 radical (unpaired) electrons. The maximum atomic E-state index is 12.1. The number of amides is 1. The van der Waals surface area contributed by atoms with Crippen molar-refractivity contribution in [3.8, 4) is 11.4 Å². The minimum atomic E-state index is 0.138. The Balaban J connectivity index is 1.57. The molecule has 1 aliphatic rings. The first kappa shape index (κ1) is 18.6. The zero-order valence-electron chi connectivity index (χ0n) is 16.1. The number of carbonyl (C=O) groups is 1. The van der Waals surface area contributed by atoms with Crippen LogP contribution >= 0.6 is 0 Å². The Morgan fingerprint density at radius 2 is 1.88 bits per heavy atom. The third kappa shape index (κ3) is 4.30. The van der Waals surface area contributed by atoms with Crippen molar-refractivity contribution in [2.24, 2.45) is 5.92 Å². The summed E-state index contributed by atoms with van der Waals surface area (Å²) in [6.45, 7) is 6.75. The van der Waals surface area contributed by atoms with Crippen LogP contribution in [0.25, 0.3) is 11.4 Å². The molecule has 3 rings (SSSR count). The van der Waals surface area contributed by atoms with Crippen LogP contribution in [-0.2, 0) is 11.3 Å². The zero-order valence-corrected chi connectivity index (χ0v) is 16.1. The second-order valence-electron chi connectivity index (χ2n) is 7.57. The number of rotatable bonds is 5. The van der Waals surface area contributed by atoms with Gasteiger partial charge in [-0.05, 0) is 37.4 Å². The lowest BCUT2D eigenvalue weighted by Crippen LogP contribution is -2.39. The molecule has 1 aliphatic heterocycles. The molecule has 1 saturated heterocycles. The molecule has 1 aromatic heterocycles. The molecule has 0 saturated carbocycles. The quantitative estimate of drug-likeness (QED) is 0.823. The van der Waals surface area contributed by atoms with Gasteiger partial charge >= 0.3 is 0 Å². The summed E-state index contributed by atoms with van der Waals surface area (Å²) < 4.78 is 5.43. The van der Waals surface area contributed by atoms with Gasteiger partial charge in [0.2, 0.25) is 17.6 Å². The number of carbonyl (C=O) groups excluding carboxylic acids is 1. The van der Waals surface area contributed by atoms with Crippen LogP contribution in [0, 0.1) is 5.92 Å². The number of piperidine rings is 1. The first-order valence-corrected chi connectivity index (χ1v) is 9.30. The SMILES string of the molecule is CC(C)c1ccc(-c2noc(CN3CCC(C(=O)N(C)C)CC3)n2)cc1. The van der Waals surface area contributed by atoms with E-state index in [2.05, 4.69) is 41.0 Å². The van der Waals surface area contributed by atoms with E-state index in [9.17, 15) is 4.79 Å². The molecule has 0 atom stereocenters. The van der Waals surface area contributed by atoms with Gasteiger partial charge in [0.1, 0.15) is 0 Å². The summed E-state index contributed by atoms with van der Waals surface area (Å²) in [4.78, 5) is 20.6. The monoisotopic (exact) mass is 356 g/mol. The third-order valence-electron chi connectivity index (χ3n) is 5.04. The predicted octanol–water partition coefficient (Wildman–Crippen LogP) is 3.16. The van der Waals surface area contributed by atoms with Gasteiger partial charge in [-0.15, -0.1) is 0 Å². The Morgan fingerprint density at radius 3 is 2.46 bits per heavy atom. The Kier molecular flexibility index (Phi) is 5.71. The molecule has 6 nitrogen and oxygen atoms in total. The topological polar surface area (TPSA) is 62.5 Å². The van der Waals surface area contributed by atoms with Gasteiger partial charge in [0.25, 0.3) is 0 Å². The Bertz CT molecular complexity index is 729. The number of hydrogen-bond donors (Lipinski definition) is 0. The fourth-order valence-electron chi connectivity index (χ4n) is 3.35. The smallest absolute Gasteiger partial charge is 0.241 e. The van der Waals surface area contributed by atoms with Crippen molar-refractivity contribution in [3.05, 3.63) is 35.7 Å². The summed E-state index contributed by atoms with van der Waals surface area (Å²) in [6, 6.07) is 8.32. The lowest BCUT2D eigenvalue weighted by molar-refractivity contribution is -0.134. The number of likely N-dealkylation sites (tertiary alicyclic amines) is 1. The summed E-state index contributed by atoms with van der Waals surface area (Å²) in [6.07, 6.45) is 1.77. The summed E-state index contributed by atoms with van der Waals surface area (Å²) in [7, 11) is 3.64. The van der Waals surface area contributed by atoms with Crippen molar-refractivity contribution in [2.45, 2.75) is 39.2 Å². The second-order valence-corrected chi connectivity index (χ2v) is 7.57. The van der Waals surface area contributed by atoms with Gasteiger partial charge in [-0.1, -0.05) is 43.3 Å². The minimum absolute atomic E-state index is 0.138. The lowest BCUT2D eigenvalue weighted by Gasteiger charge is -2.31. The highest BCUT2D eigenvalue weighted by atomic mass is 16.5. The van der Waals surface area contributed by atoms with Gasteiger partial charge in [0.15, 0.2) is 0 Å². The van der Waals surface area contributed by atoms with E-state index in [0.29, 0.717) is 24.2 Å². The third-order valence-corrected chi connectivity index (χ3v) is 5.04. The van der Waals surface area contributed by atoms with Crippen molar-refractivity contribution < 1.29 is 9.32 Å². The first-order chi connectivity index (χ1) is 12.4. The van der Waals surface area contributed by atoms with Gasteiger partial charge in [0, 0.05) is 25.6 Å². The number of nitrogens with zero attached hydrogens (tertiary/aromatic N) is 4. The molecule has 1 fully saturated rings. The van der Waals surface area contributed by atoms with E-state index in [1.807, 2.05) is 26.2 Å². The van der Waals surface area contributed by atoms with Crippen molar-refractivity contribution in [2.75, 3.05) is 27.2 Å². The van der Waals surface area contributed by atoms with Gasteiger partial charge in [-0.25, -0.2) is 0 Å². The lowest BCUT2D eigenvalue weighted by atomic mass is 9.95. The Morgan fingerprint density at radius 1 is 1.23 bits per heavy atom. The van der Waals surface area contributed by atoms with Gasteiger partial charge in [0.05, 0.1) is 6.54 Å². The fraction of sp³-hybridized carbons (Fsp3) is 0.550. The first-order valence-electron chi connectivity index (χ1n) is 9.30. The highest BCUT2D eigenvalue weighted by molar-refractivity contribution is 5.78. The Hall–Kier alpha value is -2.21. The molecular weight excluding hydrogens is 328 g/mol. The van der Waals surface area contributed by atoms with E-state index in [1.165, 1.54) is 5.56 Å². The maximum absolute atomic E-state index is 12.1. The molecule has 0 spiro atoms. The van der Waals surface area contributed by atoms with Crippen molar-refractivity contribution in [1.82, 2.24) is 19.9 Å². The van der Waals surface area contributed by atoms with Crippen LogP contribution in [0.2, 0.25) is 0 Å². The largest absolute Gasteiger partial charge is 0.349 e. The van der Waals surface area contributed by atoms with E-state index in [0.717, 1.165) is 31.5 Å². The highest BCUT2D eigenvalue weighted by Gasteiger charge is 2.26. The summed E-state index contributed by atoms with van der Waals surface area (Å²) in [5.74, 6) is 2.14. The van der Waals surface area contributed by atoms with Crippen molar-refractivity contribution >= 4 is 5.91 Å². The van der Waals surface area contributed by atoms with Crippen LogP contribution in [-0.4, -0.2) is 53.0 Å². The van der Waals surface area contributed by atoms with E-state index in [4.69, 9.17) is 4.52 Å². The van der Waals surface area contributed by atoms with Crippen molar-refractivity contribution in [3.63, 3.8) is 0 Å². The molecule has 0 unspecified atom stereocenters. The molecule has 26 heavy (non-hydrogen) atoms. The molecule has 2 heterocycles. The Labute approximate surface area is 155 Å². The maximum Gasteiger partial charge on any atom is 0.241 e. The van der Waals surface area contributed by atoms with E-state index < -0.39 is 0 Å². The molecule has 0 N–H and O–H groups in total. The van der Waals surface area contributed by atoms with E-state index in [-0.39, 0.29) is 11.8 Å². The summed E-state index contributed by atoms with van der Waals surface area (Å²) >= 11 is 0. The number of hydrogen-bond acceptors (Lipinski definition) is 5.